The first-order valence-electron chi connectivity index (χ1n) is 11.2. The second kappa shape index (κ2) is 8.53. The van der Waals surface area contributed by atoms with Crippen molar-refractivity contribution in [2.24, 2.45) is 17.8 Å². The third kappa shape index (κ3) is 3.90. The minimum absolute atomic E-state index is 0.00515. The Bertz CT molecular complexity index is 1260. The quantitative estimate of drug-likeness (QED) is 0.469. The smallest absolute Gasteiger partial charge is 0.305 e. The van der Waals surface area contributed by atoms with Crippen LogP contribution in [0.25, 0.3) is 0 Å². The molecule has 1 aliphatic heterocycles. The highest BCUT2D eigenvalue weighted by Crippen LogP contribution is 2.64. The van der Waals surface area contributed by atoms with Crippen LogP contribution < -0.4 is 14.9 Å². The van der Waals surface area contributed by atoms with E-state index in [4.69, 9.17) is 16.3 Å². The van der Waals surface area contributed by atoms with Crippen molar-refractivity contribution in [3.8, 4) is 5.75 Å². The number of hydrogen-bond acceptors (Lipinski definition) is 5. The fraction of sp³-hybridized carbons (Fsp3) is 0.360. The number of halogens is 1. The Morgan fingerprint density at radius 3 is 2.76 bits per heavy atom. The first kappa shape index (κ1) is 21.3. The van der Waals surface area contributed by atoms with Crippen LogP contribution in [0.4, 0.5) is 5.69 Å². The summed E-state index contributed by atoms with van der Waals surface area (Å²) < 4.78 is 6.07. The Labute approximate surface area is 204 Å². The van der Waals surface area contributed by atoms with Gasteiger partial charge in [0.25, 0.3) is 5.91 Å². The van der Waals surface area contributed by atoms with Gasteiger partial charge < -0.3 is 15.0 Å². The number of carbonyl (C=O) groups excluding carboxylic acids is 1. The summed E-state index contributed by atoms with van der Waals surface area (Å²) >= 11 is 9.12. The van der Waals surface area contributed by atoms with Gasteiger partial charge in [-0.1, -0.05) is 41.1 Å². The minimum atomic E-state index is -0.226. The van der Waals surface area contributed by atoms with Crippen molar-refractivity contribution in [3.63, 3.8) is 0 Å². The highest BCUT2D eigenvalue weighted by Gasteiger charge is 2.55. The average Bonchev–Trinajstić information content (AvgIpc) is 3.52. The van der Waals surface area contributed by atoms with Crippen LogP contribution in [0, 0.1) is 17.8 Å². The molecule has 2 fully saturated rings. The van der Waals surface area contributed by atoms with Gasteiger partial charge in [0.05, 0.1) is 5.03 Å². The number of rotatable bonds is 5. The lowest BCUT2D eigenvalue weighted by Gasteiger charge is -2.40. The van der Waals surface area contributed by atoms with Crippen LogP contribution in [0.5, 0.6) is 5.75 Å². The first-order valence-corrected chi connectivity index (χ1v) is 13.3. The number of nitrogens with one attached hydrogen (secondary N) is 2. The second-order valence-electron chi connectivity index (χ2n) is 9.06. The largest absolute Gasteiger partial charge is 0.483 e. The Morgan fingerprint density at radius 2 is 1.91 bits per heavy atom. The van der Waals surface area contributed by atoms with Crippen molar-refractivity contribution >= 4 is 46.3 Å². The van der Waals surface area contributed by atoms with Gasteiger partial charge in [-0.2, -0.15) is 0 Å². The Morgan fingerprint density at radius 1 is 1.12 bits per heavy atom. The molecular formula is C25H23ClN2O3S2. The van der Waals surface area contributed by atoms with E-state index in [1.807, 2.05) is 30.0 Å². The van der Waals surface area contributed by atoms with E-state index < -0.39 is 0 Å². The van der Waals surface area contributed by atoms with Crippen molar-refractivity contribution < 1.29 is 9.53 Å². The number of benzene rings is 2. The average molecular weight is 499 g/mol. The lowest BCUT2D eigenvalue weighted by Crippen LogP contribution is -2.34. The fourth-order valence-corrected chi connectivity index (χ4v) is 8.95. The third-order valence-corrected chi connectivity index (χ3v) is 10.1. The van der Waals surface area contributed by atoms with Crippen molar-refractivity contribution in [2.75, 3.05) is 11.9 Å². The molecule has 0 saturated heterocycles. The number of amides is 1. The first-order chi connectivity index (χ1) is 16.1. The number of fused-ring (bicyclic) bond motifs is 6. The number of ether oxygens (including phenoxy) is 1. The molecule has 2 saturated carbocycles. The van der Waals surface area contributed by atoms with E-state index in [-0.39, 0.29) is 23.3 Å². The van der Waals surface area contributed by atoms with Gasteiger partial charge in [-0.25, -0.2) is 0 Å². The molecule has 3 aromatic rings. The summed E-state index contributed by atoms with van der Waals surface area (Å²) in [4.78, 5) is 29.0. The molecule has 2 bridgehead atoms. The lowest BCUT2D eigenvalue weighted by molar-refractivity contribution is -0.118. The molecule has 5 nitrogen and oxygen atoms in total. The number of aromatic nitrogens is 1. The zero-order valence-corrected chi connectivity index (χ0v) is 20.1. The topological polar surface area (TPSA) is 71.2 Å². The van der Waals surface area contributed by atoms with Gasteiger partial charge in [0.2, 0.25) is 0 Å². The molecule has 0 spiro atoms. The SMILES string of the molecule is O=C(COc1ccccc1[C@H]1c2sc(=O)[nH]c2S[C@H]2[C@@H]3CC[C@H](C3)[C@H]12)Nc1ccc(Cl)cc1. The van der Waals surface area contributed by atoms with Gasteiger partial charge in [-0.3, -0.25) is 9.59 Å². The number of anilines is 1. The molecule has 6 rings (SSSR count). The Kier molecular flexibility index (Phi) is 5.51. The maximum Gasteiger partial charge on any atom is 0.305 e. The molecule has 0 unspecified atom stereocenters. The van der Waals surface area contributed by atoms with E-state index in [9.17, 15) is 9.59 Å². The number of hydrogen-bond donors (Lipinski definition) is 2. The number of thioether (sulfide) groups is 1. The number of para-hydroxylation sites is 1. The zero-order chi connectivity index (χ0) is 22.5. The Balaban J connectivity index is 1.28. The Hall–Kier alpha value is -2.22. The molecule has 2 aromatic carbocycles. The summed E-state index contributed by atoms with van der Waals surface area (Å²) in [6.07, 6.45) is 3.84. The van der Waals surface area contributed by atoms with Crippen LogP contribution in [-0.2, 0) is 4.79 Å². The third-order valence-electron chi connectivity index (χ3n) is 7.21. The molecule has 2 N–H and O–H groups in total. The molecule has 2 heterocycles. The summed E-state index contributed by atoms with van der Waals surface area (Å²) in [7, 11) is 0. The molecule has 1 amide bonds. The highest BCUT2D eigenvalue weighted by molar-refractivity contribution is 8.00. The van der Waals surface area contributed by atoms with Gasteiger partial charge in [-0.05, 0) is 67.3 Å². The minimum Gasteiger partial charge on any atom is -0.483 e. The van der Waals surface area contributed by atoms with Crippen LogP contribution >= 0.6 is 34.7 Å². The summed E-state index contributed by atoms with van der Waals surface area (Å²) in [5.74, 6) is 2.53. The normalized spacial score (nSPS) is 27.1. The van der Waals surface area contributed by atoms with Crippen molar-refractivity contribution in [1.82, 2.24) is 4.98 Å². The predicted molar refractivity (Wildman–Crippen MR) is 133 cm³/mol. The van der Waals surface area contributed by atoms with Crippen molar-refractivity contribution in [3.05, 3.63) is 73.7 Å². The fourth-order valence-electron chi connectivity index (χ4n) is 5.94. The van der Waals surface area contributed by atoms with Crippen LogP contribution in [-0.4, -0.2) is 22.7 Å². The van der Waals surface area contributed by atoms with Gasteiger partial charge in [0, 0.05) is 32.3 Å². The van der Waals surface area contributed by atoms with Crippen LogP contribution in [0.15, 0.2) is 58.4 Å². The molecule has 170 valence electrons. The number of carbonyl (C=O) groups is 1. The van der Waals surface area contributed by atoms with E-state index in [1.165, 1.54) is 30.6 Å². The zero-order valence-electron chi connectivity index (χ0n) is 17.8. The van der Waals surface area contributed by atoms with Crippen LogP contribution in [0.1, 0.15) is 35.6 Å². The molecule has 5 atom stereocenters. The molecule has 2 aliphatic carbocycles. The van der Waals surface area contributed by atoms with E-state index >= 15 is 0 Å². The molecule has 3 aliphatic rings. The monoisotopic (exact) mass is 498 g/mol. The standard InChI is InChI=1S/C25H23ClN2O3S2/c26-15-7-9-16(10-8-15)27-19(29)12-31-18-4-2-1-3-17(18)21-20-13-5-6-14(11-13)22(20)32-24-23(21)33-25(30)28-24/h1-4,7-10,13-14,20-22H,5-6,11-12H2,(H,27,29)(H,28,30)/t13-,14-,20-,21-,22+/m1/s1. The molecule has 33 heavy (non-hydrogen) atoms. The van der Waals surface area contributed by atoms with Crippen molar-refractivity contribution in [2.45, 2.75) is 35.5 Å². The number of thiazole rings is 1. The van der Waals surface area contributed by atoms with Crippen molar-refractivity contribution in [1.29, 1.82) is 0 Å². The van der Waals surface area contributed by atoms with E-state index in [1.54, 1.807) is 24.3 Å². The molecule has 8 heteroatoms. The van der Waals surface area contributed by atoms with Gasteiger partial charge in [-0.15, -0.1) is 11.8 Å². The summed E-state index contributed by atoms with van der Waals surface area (Å²) in [5, 5.41) is 5.03. The van der Waals surface area contributed by atoms with Gasteiger partial charge in [0.1, 0.15) is 5.75 Å². The maximum atomic E-state index is 12.5. The van der Waals surface area contributed by atoms with Gasteiger partial charge in [0.15, 0.2) is 6.61 Å². The summed E-state index contributed by atoms with van der Waals surface area (Å²) in [6, 6.07) is 15.0. The van der Waals surface area contributed by atoms with Crippen LogP contribution in [0.3, 0.4) is 0 Å². The second-order valence-corrected chi connectivity index (χ2v) is 11.7. The summed E-state index contributed by atoms with van der Waals surface area (Å²) in [5.41, 5.74) is 1.76. The molecule has 0 radical (unpaired) electrons. The molecule has 1 aromatic heterocycles. The molecular weight excluding hydrogens is 476 g/mol. The van der Waals surface area contributed by atoms with E-state index in [0.29, 0.717) is 33.5 Å². The van der Waals surface area contributed by atoms with Crippen LogP contribution in [0.2, 0.25) is 5.02 Å². The highest BCUT2D eigenvalue weighted by atomic mass is 35.5. The maximum absolute atomic E-state index is 12.5. The van der Waals surface area contributed by atoms with E-state index in [2.05, 4.69) is 16.4 Å². The number of aromatic amines is 1. The van der Waals surface area contributed by atoms with E-state index in [0.717, 1.165) is 21.4 Å². The lowest BCUT2D eigenvalue weighted by atomic mass is 9.74. The predicted octanol–water partition coefficient (Wildman–Crippen LogP) is 5.76. The van der Waals surface area contributed by atoms with Gasteiger partial charge >= 0.3 is 4.87 Å². The number of H-pyrrole nitrogens is 1. The summed E-state index contributed by atoms with van der Waals surface area (Å²) in [6.45, 7) is -0.0858.